The third-order valence-electron chi connectivity index (χ3n) is 2.59. The Kier molecular flexibility index (Phi) is 1.76. The molecule has 1 atom stereocenters. The molecular weight excluding hydrogens is 142 g/mol. The molecule has 0 aromatic carbocycles. The Morgan fingerprint density at radius 3 is 2.45 bits per heavy atom. The van der Waals surface area contributed by atoms with Crippen molar-refractivity contribution in [1.29, 1.82) is 0 Å². The molecule has 0 amide bonds. The molecule has 1 rings (SSSR count). The largest absolute Gasteiger partial charge is 0.355 e. The van der Waals surface area contributed by atoms with Crippen LogP contribution in [0.4, 0.5) is 0 Å². The van der Waals surface area contributed by atoms with E-state index in [0.29, 0.717) is 0 Å². The van der Waals surface area contributed by atoms with Crippen LogP contribution in [0.5, 0.6) is 0 Å². The van der Waals surface area contributed by atoms with Crippen LogP contribution in [-0.4, -0.2) is 31.1 Å². The molecule has 0 aliphatic carbocycles. The molecule has 11 heavy (non-hydrogen) atoms. The van der Waals surface area contributed by atoms with E-state index in [1.54, 1.807) is 7.11 Å². The van der Waals surface area contributed by atoms with Gasteiger partial charge in [0.1, 0.15) is 0 Å². The summed E-state index contributed by atoms with van der Waals surface area (Å²) in [6, 6.07) is 0. The Bertz CT molecular complexity index is 222. The molecule has 0 fully saturated rings. The molecule has 1 unspecified atom stereocenters. The lowest BCUT2D eigenvalue weighted by Gasteiger charge is -2.49. The summed E-state index contributed by atoms with van der Waals surface area (Å²) in [7, 11) is 3.49. The quantitative estimate of drug-likeness (QED) is 0.551. The molecule has 0 saturated carbocycles. The van der Waals surface area contributed by atoms with Gasteiger partial charge >= 0.3 is 0 Å². The molecule has 1 aliphatic heterocycles. The van der Waals surface area contributed by atoms with Gasteiger partial charge in [-0.15, -0.1) is 0 Å². The van der Waals surface area contributed by atoms with Gasteiger partial charge in [0.05, 0.1) is 5.70 Å². The molecule has 0 spiro atoms. The predicted molar refractivity (Wildman–Crippen MR) is 41.9 cm³/mol. The number of allylic oxidation sites excluding steroid dienone is 1. The maximum absolute atomic E-state index is 10.5. The second kappa shape index (κ2) is 2.34. The minimum Gasteiger partial charge on any atom is -0.355 e. The number of likely N-dealkylation sites (N-methyl/N-ethyl adjacent to an activating group) is 1. The molecule has 3 nitrogen and oxygen atoms in total. The standard InChI is InChI=1S/C8H13NO2/c1-6-7(5-10)9(3)8(6,2)11-4/h5H,1-4H3. The van der Waals surface area contributed by atoms with E-state index in [-0.39, 0.29) is 5.72 Å². The summed E-state index contributed by atoms with van der Waals surface area (Å²) in [5, 5.41) is 0. The lowest BCUT2D eigenvalue weighted by Crippen LogP contribution is -2.55. The topological polar surface area (TPSA) is 29.5 Å². The first-order valence-corrected chi connectivity index (χ1v) is 3.53. The van der Waals surface area contributed by atoms with Crippen molar-refractivity contribution in [3.63, 3.8) is 0 Å². The van der Waals surface area contributed by atoms with E-state index in [1.165, 1.54) is 0 Å². The number of carbonyl (C=O) groups is 1. The highest BCUT2D eigenvalue weighted by atomic mass is 16.5. The first kappa shape index (κ1) is 8.27. The van der Waals surface area contributed by atoms with Crippen LogP contribution in [0.15, 0.2) is 11.3 Å². The first-order valence-electron chi connectivity index (χ1n) is 3.53. The molecule has 0 aromatic rings. The fourth-order valence-corrected chi connectivity index (χ4v) is 1.38. The number of hydrogen-bond donors (Lipinski definition) is 0. The fraction of sp³-hybridized carbons (Fsp3) is 0.625. The Labute approximate surface area is 66.6 Å². The lowest BCUT2D eigenvalue weighted by molar-refractivity contribution is -0.121. The molecule has 0 bridgehead atoms. The summed E-state index contributed by atoms with van der Waals surface area (Å²) in [6.07, 6.45) is 0.857. The van der Waals surface area contributed by atoms with Crippen LogP contribution in [0.2, 0.25) is 0 Å². The van der Waals surface area contributed by atoms with Crippen molar-refractivity contribution in [1.82, 2.24) is 4.90 Å². The van der Waals surface area contributed by atoms with Crippen molar-refractivity contribution in [2.24, 2.45) is 0 Å². The van der Waals surface area contributed by atoms with Crippen LogP contribution >= 0.6 is 0 Å². The van der Waals surface area contributed by atoms with Crippen molar-refractivity contribution in [3.05, 3.63) is 11.3 Å². The number of hydrogen-bond acceptors (Lipinski definition) is 3. The third-order valence-corrected chi connectivity index (χ3v) is 2.59. The van der Waals surface area contributed by atoms with E-state index in [9.17, 15) is 4.79 Å². The van der Waals surface area contributed by atoms with Crippen LogP contribution < -0.4 is 0 Å². The van der Waals surface area contributed by atoms with Gasteiger partial charge in [0.25, 0.3) is 0 Å². The molecule has 0 N–H and O–H groups in total. The maximum Gasteiger partial charge on any atom is 0.166 e. The number of aldehydes is 1. The predicted octanol–water partition coefficient (Wildman–Crippen LogP) is 0.767. The molecule has 3 heteroatoms. The highest BCUT2D eigenvalue weighted by Crippen LogP contribution is 2.38. The number of ether oxygens (including phenoxy) is 1. The molecule has 62 valence electrons. The summed E-state index contributed by atoms with van der Waals surface area (Å²) in [5.41, 5.74) is 1.36. The molecule has 1 heterocycles. The summed E-state index contributed by atoms with van der Waals surface area (Å²) in [4.78, 5) is 12.3. The van der Waals surface area contributed by atoms with Crippen molar-refractivity contribution in [2.75, 3.05) is 14.2 Å². The first-order chi connectivity index (χ1) is 5.07. The minimum atomic E-state index is -0.365. The van der Waals surface area contributed by atoms with E-state index in [1.807, 2.05) is 25.8 Å². The van der Waals surface area contributed by atoms with E-state index < -0.39 is 0 Å². The van der Waals surface area contributed by atoms with Crippen LogP contribution in [0.25, 0.3) is 0 Å². The Morgan fingerprint density at radius 1 is 1.64 bits per heavy atom. The smallest absolute Gasteiger partial charge is 0.166 e. The third kappa shape index (κ3) is 0.807. The lowest BCUT2D eigenvalue weighted by atomic mass is 9.93. The summed E-state index contributed by atoms with van der Waals surface area (Å²) >= 11 is 0. The van der Waals surface area contributed by atoms with E-state index >= 15 is 0 Å². The second-order valence-corrected chi connectivity index (χ2v) is 2.87. The monoisotopic (exact) mass is 155 g/mol. The van der Waals surface area contributed by atoms with Crippen molar-refractivity contribution >= 4 is 6.29 Å². The summed E-state index contributed by atoms with van der Waals surface area (Å²) in [6.45, 7) is 3.85. The van der Waals surface area contributed by atoms with E-state index in [4.69, 9.17) is 4.74 Å². The number of nitrogens with zero attached hydrogens (tertiary/aromatic N) is 1. The zero-order chi connectivity index (χ0) is 8.65. The number of methoxy groups -OCH3 is 1. The maximum atomic E-state index is 10.5. The van der Waals surface area contributed by atoms with Crippen LogP contribution in [-0.2, 0) is 9.53 Å². The minimum absolute atomic E-state index is 0.365. The highest BCUT2D eigenvalue weighted by Gasteiger charge is 2.43. The zero-order valence-electron chi connectivity index (χ0n) is 7.34. The van der Waals surface area contributed by atoms with Gasteiger partial charge < -0.3 is 9.64 Å². The van der Waals surface area contributed by atoms with Gasteiger partial charge in [0, 0.05) is 19.7 Å². The fourth-order valence-electron chi connectivity index (χ4n) is 1.38. The Balaban J connectivity index is 2.96. The van der Waals surface area contributed by atoms with Crippen LogP contribution in [0.1, 0.15) is 13.8 Å². The highest BCUT2D eigenvalue weighted by molar-refractivity contribution is 5.77. The average Bonchev–Trinajstić information content (AvgIpc) is 2.04. The van der Waals surface area contributed by atoms with Gasteiger partial charge in [-0.3, -0.25) is 4.79 Å². The van der Waals surface area contributed by atoms with Gasteiger partial charge in [-0.1, -0.05) is 0 Å². The SMILES string of the molecule is COC1(C)C(C)=C(C=O)N1C. The van der Waals surface area contributed by atoms with Gasteiger partial charge in [-0.05, 0) is 13.8 Å². The van der Waals surface area contributed by atoms with Gasteiger partial charge in [0.15, 0.2) is 12.0 Å². The van der Waals surface area contributed by atoms with E-state index in [0.717, 1.165) is 17.6 Å². The van der Waals surface area contributed by atoms with Crippen molar-refractivity contribution in [3.8, 4) is 0 Å². The second-order valence-electron chi connectivity index (χ2n) is 2.87. The molecular formula is C8H13NO2. The normalized spacial score (nSPS) is 30.4. The summed E-state index contributed by atoms with van der Waals surface area (Å²) < 4.78 is 5.24. The Hall–Kier alpha value is -0.830. The van der Waals surface area contributed by atoms with Crippen molar-refractivity contribution < 1.29 is 9.53 Å². The van der Waals surface area contributed by atoms with Gasteiger partial charge in [-0.2, -0.15) is 0 Å². The molecule has 0 radical (unpaired) electrons. The number of carbonyl (C=O) groups excluding carboxylic acids is 1. The Morgan fingerprint density at radius 2 is 2.18 bits per heavy atom. The molecule has 0 saturated heterocycles. The summed E-state index contributed by atoms with van der Waals surface area (Å²) in [5.74, 6) is 0. The van der Waals surface area contributed by atoms with Crippen LogP contribution in [0, 0.1) is 0 Å². The number of rotatable bonds is 2. The van der Waals surface area contributed by atoms with E-state index in [2.05, 4.69) is 0 Å². The average molecular weight is 155 g/mol. The van der Waals surface area contributed by atoms with Crippen LogP contribution in [0.3, 0.4) is 0 Å². The van der Waals surface area contributed by atoms with Gasteiger partial charge in [0.2, 0.25) is 0 Å². The van der Waals surface area contributed by atoms with Crippen molar-refractivity contribution in [2.45, 2.75) is 19.6 Å². The van der Waals surface area contributed by atoms with Gasteiger partial charge in [-0.25, -0.2) is 0 Å². The molecule has 1 aliphatic rings. The zero-order valence-corrected chi connectivity index (χ0v) is 7.34. The molecule has 0 aromatic heterocycles.